The first-order valence-electron chi connectivity index (χ1n) is 7.47. The number of thioether (sulfide) groups is 1. The summed E-state index contributed by atoms with van der Waals surface area (Å²) >= 11 is 1.44. The standard InChI is InChI=1S/C16H20N2O4S/c1-4-9(2)18(8-14(19)20)16(22)11-5-6-13-12(7-11)17-15(21)10(3)23-13/h5-7,9-10H,4,8H2,1-3H3,(H,17,21)(H,19,20). The number of nitrogens with one attached hydrogen (secondary N) is 1. The fourth-order valence-corrected chi connectivity index (χ4v) is 3.23. The fourth-order valence-electron chi connectivity index (χ4n) is 2.30. The molecule has 1 aliphatic rings. The SMILES string of the molecule is CCC(C)N(CC(=O)O)C(=O)c1ccc2c(c1)NC(=O)C(C)S2. The Hall–Kier alpha value is -2.02. The van der Waals surface area contributed by atoms with E-state index in [1.807, 2.05) is 20.8 Å². The van der Waals surface area contributed by atoms with Gasteiger partial charge >= 0.3 is 5.97 Å². The van der Waals surface area contributed by atoms with Gasteiger partial charge in [-0.2, -0.15) is 0 Å². The van der Waals surface area contributed by atoms with E-state index in [1.54, 1.807) is 18.2 Å². The van der Waals surface area contributed by atoms with E-state index in [9.17, 15) is 14.4 Å². The number of anilines is 1. The number of carbonyl (C=O) groups is 3. The summed E-state index contributed by atoms with van der Waals surface area (Å²) < 4.78 is 0. The van der Waals surface area contributed by atoms with Crippen LogP contribution < -0.4 is 5.32 Å². The molecular formula is C16H20N2O4S. The second kappa shape index (κ2) is 7.04. The Morgan fingerprint density at radius 3 is 2.74 bits per heavy atom. The molecule has 1 aromatic carbocycles. The van der Waals surface area contributed by atoms with Crippen molar-refractivity contribution in [3.63, 3.8) is 0 Å². The van der Waals surface area contributed by atoms with Crippen molar-refractivity contribution in [1.29, 1.82) is 0 Å². The zero-order valence-corrected chi connectivity index (χ0v) is 14.1. The highest BCUT2D eigenvalue weighted by Gasteiger charge is 2.26. The third-order valence-corrected chi connectivity index (χ3v) is 5.02. The third-order valence-electron chi connectivity index (χ3n) is 3.85. The van der Waals surface area contributed by atoms with Gasteiger partial charge in [-0.25, -0.2) is 0 Å². The molecule has 2 unspecified atom stereocenters. The first-order valence-corrected chi connectivity index (χ1v) is 8.35. The maximum Gasteiger partial charge on any atom is 0.323 e. The molecule has 6 nitrogen and oxygen atoms in total. The van der Waals surface area contributed by atoms with Crippen LogP contribution in [0.2, 0.25) is 0 Å². The number of benzene rings is 1. The topological polar surface area (TPSA) is 86.7 Å². The molecule has 0 saturated carbocycles. The van der Waals surface area contributed by atoms with Crippen LogP contribution >= 0.6 is 11.8 Å². The second-order valence-corrected chi connectivity index (χ2v) is 6.93. The van der Waals surface area contributed by atoms with Gasteiger partial charge < -0.3 is 15.3 Å². The number of hydrogen-bond acceptors (Lipinski definition) is 4. The van der Waals surface area contributed by atoms with E-state index in [-0.39, 0.29) is 29.7 Å². The average molecular weight is 336 g/mol. The second-order valence-electron chi connectivity index (χ2n) is 5.54. The van der Waals surface area contributed by atoms with Gasteiger partial charge in [-0.05, 0) is 38.5 Å². The quantitative estimate of drug-likeness (QED) is 0.862. The highest BCUT2D eigenvalue weighted by Crippen LogP contribution is 2.36. The number of rotatable bonds is 5. The first kappa shape index (κ1) is 17.3. The maximum absolute atomic E-state index is 12.7. The predicted octanol–water partition coefficient (Wildman–Crippen LogP) is 2.44. The van der Waals surface area contributed by atoms with E-state index < -0.39 is 5.97 Å². The van der Waals surface area contributed by atoms with E-state index in [2.05, 4.69) is 5.32 Å². The number of nitrogens with zero attached hydrogens (tertiary/aromatic N) is 1. The summed E-state index contributed by atoms with van der Waals surface area (Å²) in [6, 6.07) is 4.90. The van der Waals surface area contributed by atoms with Crippen LogP contribution in [0.25, 0.3) is 0 Å². The van der Waals surface area contributed by atoms with Crippen molar-refractivity contribution >= 4 is 35.2 Å². The third kappa shape index (κ3) is 3.85. The fraction of sp³-hybridized carbons (Fsp3) is 0.438. The van der Waals surface area contributed by atoms with Gasteiger partial charge in [0, 0.05) is 16.5 Å². The van der Waals surface area contributed by atoms with Crippen LogP contribution in [-0.4, -0.2) is 45.6 Å². The number of amides is 2. The molecule has 124 valence electrons. The Morgan fingerprint density at radius 1 is 1.43 bits per heavy atom. The number of carbonyl (C=O) groups excluding carboxylic acids is 2. The van der Waals surface area contributed by atoms with Crippen LogP contribution in [0.4, 0.5) is 5.69 Å². The molecule has 2 atom stereocenters. The van der Waals surface area contributed by atoms with Crippen molar-refractivity contribution in [2.24, 2.45) is 0 Å². The Balaban J connectivity index is 2.29. The summed E-state index contributed by atoms with van der Waals surface area (Å²) in [6.45, 7) is 5.19. The number of hydrogen-bond donors (Lipinski definition) is 2. The normalized spacial score (nSPS) is 17.9. The van der Waals surface area contributed by atoms with Gasteiger partial charge in [-0.3, -0.25) is 14.4 Å². The summed E-state index contributed by atoms with van der Waals surface area (Å²) in [5.41, 5.74) is 0.976. The monoisotopic (exact) mass is 336 g/mol. The van der Waals surface area contributed by atoms with Gasteiger partial charge in [0.25, 0.3) is 5.91 Å². The van der Waals surface area contributed by atoms with Crippen LogP contribution in [0.15, 0.2) is 23.1 Å². The van der Waals surface area contributed by atoms with Gasteiger partial charge in [0.1, 0.15) is 6.54 Å². The molecule has 2 N–H and O–H groups in total. The molecule has 1 aromatic rings. The molecule has 1 heterocycles. The minimum Gasteiger partial charge on any atom is -0.480 e. The summed E-state index contributed by atoms with van der Waals surface area (Å²) in [5, 5.41) is 11.6. The minimum absolute atomic E-state index is 0.101. The summed E-state index contributed by atoms with van der Waals surface area (Å²) in [5.74, 6) is -1.49. The van der Waals surface area contributed by atoms with Crippen LogP contribution in [0, 0.1) is 0 Å². The maximum atomic E-state index is 12.7. The van der Waals surface area contributed by atoms with Crippen molar-refractivity contribution in [1.82, 2.24) is 4.90 Å². The number of aliphatic carboxylic acids is 1. The van der Waals surface area contributed by atoms with E-state index >= 15 is 0 Å². The lowest BCUT2D eigenvalue weighted by Crippen LogP contribution is -2.41. The smallest absolute Gasteiger partial charge is 0.323 e. The van der Waals surface area contributed by atoms with Crippen LogP contribution in [0.1, 0.15) is 37.6 Å². The largest absolute Gasteiger partial charge is 0.480 e. The van der Waals surface area contributed by atoms with E-state index in [0.717, 1.165) is 4.90 Å². The first-order chi connectivity index (χ1) is 10.8. The Labute approximate surface area is 139 Å². The molecule has 1 aliphatic heterocycles. The van der Waals surface area contributed by atoms with Crippen molar-refractivity contribution in [2.45, 2.75) is 43.4 Å². The molecule has 0 aliphatic carbocycles. The Morgan fingerprint density at radius 2 is 2.13 bits per heavy atom. The molecule has 23 heavy (non-hydrogen) atoms. The molecular weight excluding hydrogens is 316 g/mol. The zero-order chi connectivity index (χ0) is 17.1. The lowest BCUT2D eigenvalue weighted by atomic mass is 10.1. The number of fused-ring (bicyclic) bond motifs is 1. The average Bonchev–Trinajstić information content (AvgIpc) is 2.51. The molecule has 0 spiro atoms. The Bertz CT molecular complexity index is 647. The van der Waals surface area contributed by atoms with Crippen LogP contribution in [0.3, 0.4) is 0 Å². The molecule has 0 bridgehead atoms. The van der Waals surface area contributed by atoms with Crippen molar-refractivity contribution in [2.75, 3.05) is 11.9 Å². The number of carboxylic acids is 1. The van der Waals surface area contributed by atoms with Gasteiger partial charge in [-0.1, -0.05) is 6.92 Å². The van der Waals surface area contributed by atoms with Crippen molar-refractivity contribution in [3.05, 3.63) is 23.8 Å². The van der Waals surface area contributed by atoms with Gasteiger partial charge in [0.15, 0.2) is 0 Å². The van der Waals surface area contributed by atoms with Crippen LogP contribution in [-0.2, 0) is 9.59 Å². The molecule has 2 rings (SSSR count). The van der Waals surface area contributed by atoms with Crippen molar-refractivity contribution in [3.8, 4) is 0 Å². The van der Waals surface area contributed by atoms with Gasteiger partial charge in [0.05, 0.1) is 10.9 Å². The molecule has 0 fully saturated rings. The zero-order valence-electron chi connectivity index (χ0n) is 13.3. The molecule has 0 aromatic heterocycles. The summed E-state index contributed by atoms with van der Waals surface area (Å²) in [4.78, 5) is 37.7. The predicted molar refractivity (Wildman–Crippen MR) is 88.8 cm³/mol. The summed E-state index contributed by atoms with van der Waals surface area (Å²) in [6.07, 6.45) is 0.661. The highest BCUT2D eigenvalue weighted by atomic mass is 32.2. The molecule has 0 saturated heterocycles. The van der Waals surface area contributed by atoms with E-state index in [4.69, 9.17) is 5.11 Å². The number of carboxylic acid groups (broad SMARTS) is 1. The lowest BCUT2D eigenvalue weighted by molar-refractivity contribution is -0.138. The van der Waals surface area contributed by atoms with E-state index in [0.29, 0.717) is 17.7 Å². The van der Waals surface area contributed by atoms with Crippen LogP contribution in [0.5, 0.6) is 0 Å². The van der Waals surface area contributed by atoms with Gasteiger partial charge in [-0.15, -0.1) is 11.8 Å². The molecule has 7 heteroatoms. The lowest BCUT2D eigenvalue weighted by Gasteiger charge is -2.28. The van der Waals surface area contributed by atoms with E-state index in [1.165, 1.54) is 16.7 Å². The highest BCUT2D eigenvalue weighted by molar-refractivity contribution is 8.00. The van der Waals surface area contributed by atoms with Crippen molar-refractivity contribution < 1.29 is 19.5 Å². The summed E-state index contributed by atoms with van der Waals surface area (Å²) in [7, 11) is 0. The Kier molecular flexibility index (Phi) is 5.30. The molecule has 0 radical (unpaired) electrons. The van der Waals surface area contributed by atoms with Gasteiger partial charge in [0.2, 0.25) is 5.91 Å². The minimum atomic E-state index is -1.05. The molecule has 2 amide bonds.